The molecule has 1 aromatic carbocycles. The highest BCUT2D eigenvalue weighted by Gasteiger charge is 2.12. The predicted molar refractivity (Wildman–Crippen MR) is 102 cm³/mol. The summed E-state index contributed by atoms with van der Waals surface area (Å²) in [5, 5.41) is 5.48. The zero-order chi connectivity index (χ0) is 17.6. The molecule has 2 N–H and O–H groups in total. The first-order chi connectivity index (χ1) is 12.1. The van der Waals surface area contributed by atoms with Crippen LogP contribution in [0, 0.1) is 3.57 Å². The molecular formula is C18H16IN3O3. The summed E-state index contributed by atoms with van der Waals surface area (Å²) < 4.78 is 7.96. The average Bonchev–Trinajstić information content (AvgIpc) is 3.30. The Labute approximate surface area is 158 Å². The van der Waals surface area contributed by atoms with E-state index < -0.39 is 0 Å². The van der Waals surface area contributed by atoms with E-state index in [1.807, 2.05) is 41.1 Å². The van der Waals surface area contributed by atoms with E-state index in [2.05, 4.69) is 33.2 Å². The second kappa shape index (κ2) is 8.02. The number of hydrogen-bond acceptors (Lipinski definition) is 3. The fraction of sp³-hybridized carbons (Fsp3) is 0.111. The summed E-state index contributed by atoms with van der Waals surface area (Å²) in [5.74, 6) is -0.253. The molecule has 6 nitrogen and oxygen atoms in total. The van der Waals surface area contributed by atoms with Gasteiger partial charge < -0.3 is 19.6 Å². The van der Waals surface area contributed by atoms with Crippen LogP contribution >= 0.6 is 22.6 Å². The van der Waals surface area contributed by atoms with E-state index in [0.29, 0.717) is 18.8 Å². The highest BCUT2D eigenvalue weighted by Crippen LogP contribution is 2.14. The summed E-state index contributed by atoms with van der Waals surface area (Å²) in [6.07, 6.45) is 3.28. The van der Waals surface area contributed by atoms with Crippen molar-refractivity contribution in [3.63, 3.8) is 0 Å². The lowest BCUT2D eigenvalue weighted by Crippen LogP contribution is -2.35. The maximum absolute atomic E-state index is 12.4. The Balaban J connectivity index is 1.55. The molecule has 0 aliphatic rings. The van der Waals surface area contributed by atoms with Gasteiger partial charge in [-0.05, 0) is 71.1 Å². The van der Waals surface area contributed by atoms with E-state index in [1.54, 1.807) is 18.2 Å². The normalized spacial score (nSPS) is 10.4. The van der Waals surface area contributed by atoms with Crippen molar-refractivity contribution < 1.29 is 14.0 Å². The van der Waals surface area contributed by atoms with Crippen LogP contribution in [0.25, 0.3) is 5.69 Å². The first kappa shape index (κ1) is 17.3. The molecule has 0 aliphatic heterocycles. The zero-order valence-corrected chi connectivity index (χ0v) is 15.4. The van der Waals surface area contributed by atoms with Crippen molar-refractivity contribution in [2.24, 2.45) is 0 Å². The van der Waals surface area contributed by atoms with Crippen LogP contribution in [-0.4, -0.2) is 29.5 Å². The number of benzene rings is 1. The average molecular weight is 449 g/mol. The molecule has 0 fully saturated rings. The fourth-order valence-electron chi connectivity index (χ4n) is 2.33. The molecule has 0 radical (unpaired) electrons. The minimum absolute atomic E-state index is 0.198. The second-order valence-corrected chi connectivity index (χ2v) is 6.47. The van der Waals surface area contributed by atoms with Gasteiger partial charge in [-0.25, -0.2) is 0 Å². The van der Waals surface area contributed by atoms with Gasteiger partial charge in [0.2, 0.25) is 0 Å². The molecule has 3 rings (SSSR count). The van der Waals surface area contributed by atoms with Crippen LogP contribution in [0.15, 0.2) is 65.4 Å². The lowest BCUT2D eigenvalue weighted by atomic mass is 10.3. The van der Waals surface area contributed by atoms with Crippen LogP contribution in [-0.2, 0) is 0 Å². The first-order valence-electron chi connectivity index (χ1n) is 7.68. The van der Waals surface area contributed by atoms with Crippen LogP contribution in [0.5, 0.6) is 0 Å². The molecule has 128 valence electrons. The van der Waals surface area contributed by atoms with Crippen LogP contribution in [0.3, 0.4) is 0 Å². The van der Waals surface area contributed by atoms with Crippen LogP contribution in [0.2, 0.25) is 0 Å². The minimum Gasteiger partial charge on any atom is -0.459 e. The molecule has 0 spiro atoms. The van der Waals surface area contributed by atoms with Crippen LogP contribution < -0.4 is 10.6 Å². The standard InChI is InChI=1S/C18H16IN3O3/c19-13-5-7-14(8-6-13)22-11-1-3-15(22)17(23)20-9-10-21-18(24)16-4-2-12-25-16/h1-8,11-12H,9-10H2,(H,20,23)(H,21,24). The van der Waals surface area contributed by atoms with Gasteiger partial charge in [0, 0.05) is 28.5 Å². The van der Waals surface area contributed by atoms with Gasteiger partial charge in [-0.1, -0.05) is 0 Å². The first-order valence-corrected chi connectivity index (χ1v) is 8.76. The molecule has 0 saturated carbocycles. The van der Waals surface area contributed by atoms with E-state index in [4.69, 9.17) is 4.42 Å². The number of carbonyl (C=O) groups excluding carboxylic acids is 2. The third kappa shape index (κ3) is 4.30. The Morgan fingerprint density at radius 1 is 0.960 bits per heavy atom. The number of halogens is 1. The number of carbonyl (C=O) groups is 2. The van der Waals surface area contributed by atoms with E-state index in [9.17, 15) is 9.59 Å². The number of nitrogens with zero attached hydrogens (tertiary/aromatic N) is 1. The Morgan fingerprint density at radius 2 is 1.68 bits per heavy atom. The number of hydrogen-bond donors (Lipinski definition) is 2. The molecule has 3 aromatic rings. The minimum atomic E-state index is -0.304. The van der Waals surface area contributed by atoms with Gasteiger partial charge in [-0.15, -0.1) is 0 Å². The second-order valence-electron chi connectivity index (χ2n) is 5.23. The van der Waals surface area contributed by atoms with Gasteiger partial charge in [-0.3, -0.25) is 9.59 Å². The highest BCUT2D eigenvalue weighted by molar-refractivity contribution is 14.1. The van der Waals surface area contributed by atoms with Gasteiger partial charge in [0.1, 0.15) is 5.69 Å². The largest absolute Gasteiger partial charge is 0.459 e. The lowest BCUT2D eigenvalue weighted by Gasteiger charge is -2.10. The summed E-state index contributed by atoms with van der Waals surface area (Å²) in [6.45, 7) is 0.638. The fourth-order valence-corrected chi connectivity index (χ4v) is 2.69. The number of amides is 2. The van der Waals surface area contributed by atoms with E-state index in [-0.39, 0.29) is 17.6 Å². The van der Waals surface area contributed by atoms with E-state index in [0.717, 1.165) is 9.26 Å². The lowest BCUT2D eigenvalue weighted by molar-refractivity contribution is 0.0908. The van der Waals surface area contributed by atoms with Crippen molar-refractivity contribution >= 4 is 34.4 Å². The summed E-state index contributed by atoms with van der Waals surface area (Å²) in [6, 6.07) is 14.7. The molecule has 0 bridgehead atoms. The third-order valence-corrected chi connectivity index (χ3v) is 4.25. The monoisotopic (exact) mass is 449 g/mol. The summed E-state index contributed by atoms with van der Waals surface area (Å²) in [7, 11) is 0. The van der Waals surface area contributed by atoms with E-state index >= 15 is 0 Å². The molecule has 2 aromatic heterocycles. The number of nitrogens with one attached hydrogen (secondary N) is 2. The quantitative estimate of drug-likeness (QED) is 0.449. The zero-order valence-electron chi connectivity index (χ0n) is 13.2. The Kier molecular flexibility index (Phi) is 5.54. The van der Waals surface area contributed by atoms with Crippen molar-refractivity contribution in [2.75, 3.05) is 13.1 Å². The summed E-state index contributed by atoms with van der Waals surface area (Å²) in [5.41, 5.74) is 1.46. The molecule has 0 aliphatic carbocycles. The van der Waals surface area contributed by atoms with Gasteiger partial charge in [-0.2, -0.15) is 0 Å². The van der Waals surface area contributed by atoms with Crippen LogP contribution in [0.4, 0.5) is 0 Å². The van der Waals surface area contributed by atoms with Gasteiger partial charge >= 0.3 is 0 Å². The van der Waals surface area contributed by atoms with Crippen LogP contribution in [0.1, 0.15) is 21.0 Å². The number of furan rings is 1. The maximum atomic E-state index is 12.4. The number of aromatic nitrogens is 1. The SMILES string of the molecule is O=C(NCCNC(=O)c1cccn1-c1ccc(I)cc1)c1ccco1. The third-order valence-electron chi connectivity index (χ3n) is 3.53. The topological polar surface area (TPSA) is 76.3 Å². The maximum Gasteiger partial charge on any atom is 0.287 e. The highest BCUT2D eigenvalue weighted by atomic mass is 127. The molecule has 0 saturated heterocycles. The van der Waals surface area contributed by atoms with Crippen molar-refractivity contribution in [3.8, 4) is 5.69 Å². The summed E-state index contributed by atoms with van der Waals surface area (Å²) >= 11 is 2.24. The molecule has 2 heterocycles. The Bertz CT molecular complexity index is 854. The van der Waals surface area contributed by atoms with Gasteiger partial charge in [0.15, 0.2) is 5.76 Å². The molecule has 0 atom stereocenters. The van der Waals surface area contributed by atoms with Crippen molar-refractivity contribution in [2.45, 2.75) is 0 Å². The van der Waals surface area contributed by atoms with E-state index in [1.165, 1.54) is 6.26 Å². The van der Waals surface area contributed by atoms with Crippen molar-refractivity contribution in [3.05, 3.63) is 76.0 Å². The molecule has 2 amide bonds. The van der Waals surface area contributed by atoms with Gasteiger partial charge in [0.25, 0.3) is 11.8 Å². The molecule has 25 heavy (non-hydrogen) atoms. The molecule has 0 unspecified atom stereocenters. The van der Waals surface area contributed by atoms with Crippen molar-refractivity contribution in [1.29, 1.82) is 0 Å². The van der Waals surface area contributed by atoms with Crippen molar-refractivity contribution in [1.82, 2.24) is 15.2 Å². The Morgan fingerprint density at radius 3 is 2.36 bits per heavy atom. The molecular weight excluding hydrogens is 433 g/mol. The smallest absolute Gasteiger partial charge is 0.287 e. The van der Waals surface area contributed by atoms with Gasteiger partial charge in [0.05, 0.1) is 6.26 Å². The summed E-state index contributed by atoms with van der Waals surface area (Å²) in [4.78, 5) is 24.1. The Hall–Kier alpha value is -2.55. The molecule has 7 heteroatoms. The predicted octanol–water partition coefficient (Wildman–Crippen LogP) is 2.83. The number of rotatable bonds is 6.